The molecule has 0 fully saturated rings. The first-order chi connectivity index (χ1) is 18.6. The Hall–Kier alpha value is -3.56. The Morgan fingerprint density at radius 2 is 1.85 bits per heavy atom. The molecule has 0 bridgehead atoms. The summed E-state index contributed by atoms with van der Waals surface area (Å²) in [6, 6.07) is 12.2. The van der Waals surface area contributed by atoms with Gasteiger partial charge in [0.05, 0.1) is 22.9 Å². The van der Waals surface area contributed by atoms with Gasteiger partial charge in [0, 0.05) is 44.1 Å². The van der Waals surface area contributed by atoms with Crippen molar-refractivity contribution in [2.75, 3.05) is 13.7 Å². The Labute approximate surface area is 234 Å². The minimum absolute atomic E-state index is 0.0264. The lowest BCUT2D eigenvalue weighted by Gasteiger charge is -2.19. The van der Waals surface area contributed by atoms with Crippen LogP contribution in [0.5, 0.6) is 5.75 Å². The largest absolute Gasteiger partial charge is 0.489 e. The molecule has 0 aliphatic carbocycles. The predicted octanol–water partition coefficient (Wildman–Crippen LogP) is 4.63. The van der Waals surface area contributed by atoms with Crippen LogP contribution < -0.4 is 20.7 Å². The summed E-state index contributed by atoms with van der Waals surface area (Å²) in [5.41, 5.74) is 3.19. The highest BCUT2D eigenvalue weighted by Gasteiger charge is 2.19. The highest BCUT2D eigenvalue weighted by molar-refractivity contribution is 6.32. The van der Waals surface area contributed by atoms with Gasteiger partial charge in [-0.3, -0.25) is 4.79 Å². The Morgan fingerprint density at radius 3 is 2.44 bits per heavy atom. The van der Waals surface area contributed by atoms with Crippen molar-refractivity contribution in [1.29, 1.82) is 0 Å². The quantitative estimate of drug-likeness (QED) is 0.260. The van der Waals surface area contributed by atoms with Gasteiger partial charge in [0.2, 0.25) is 0 Å². The molecule has 10 heteroatoms. The minimum atomic E-state index is -0.264. The number of imidazole rings is 1. The Bertz CT molecular complexity index is 1260. The number of hydrogen-bond donors (Lipinski definition) is 4. The number of rotatable bonds is 12. The third kappa shape index (κ3) is 8.21. The molecule has 3 aromatic rings. The number of urea groups is 1. The molecule has 0 spiro atoms. The van der Waals surface area contributed by atoms with Gasteiger partial charge in [0.1, 0.15) is 11.6 Å². The summed E-state index contributed by atoms with van der Waals surface area (Å²) in [6.07, 6.45) is 3.58. The summed E-state index contributed by atoms with van der Waals surface area (Å²) in [5.74, 6) is 1.04. The van der Waals surface area contributed by atoms with Crippen LogP contribution in [-0.2, 0) is 13.5 Å². The number of aryl methyl sites for hydroxylation is 1. The maximum atomic E-state index is 12.9. The number of aromatic nitrogens is 2. The van der Waals surface area contributed by atoms with Crippen LogP contribution in [0.4, 0.5) is 4.79 Å². The monoisotopic (exact) mass is 555 g/mol. The molecule has 3 amide bonds. The van der Waals surface area contributed by atoms with Crippen molar-refractivity contribution in [3.63, 3.8) is 0 Å². The zero-order valence-corrected chi connectivity index (χ0v) is 23.9. The second kappa shape index (κ2) is 14.0. The fourth-order valence-electron chi connectivity index (χ4n) is 4.26. The van der Waals surface area contributed by atoms with Gasteiger partial charge < -0.3 is 30.4 Å². The average Bonchev–Trinajstić information content (AvgIpc) is 3.29. The van der Waals surface area contributed by atoms with E-state index in [0.29, 0.717) is 35.6 Å². The summed E-state index contributed by atoms with van der Waals surface area (Å²) in [5, 5.41) is 18.5. The van der Waals surface area contributed by atoms with Gasteiger partial charge >= 0.3 is 6.03 Å². The molecule has 0 saturated heterocycles. The number of hydrogen-bond acceptors (Lipinski definition) is 5. The minimum Gasteiger partial charge on any atom is -0.489 e. The summed E-state index contributed by atoms with van der Waals surface area (Å²) >= 11 is 6.30. The van der Waals surface area contributed by atoms with Crippen LogP contribution in [0.15, 0.2) is 48.7 Å². The van der Waals surface area contributed by atoms with Gasteiger partial charge in [-0.2, -0.15) is 0 Å². The van der Waals surface area contributed by atoms with Crippen LogP contribution in [0.3, 0.4) is 0 Å². The predicted molar refractivity (Wildman–Crippen MR) is 153 cm³/mol. The van der Waals surface area contributed by atoms with Crippen molar-refractivity contribution in [3.8, 4) is 17.0 Å². The van der Waals surface area contributed by atoms with Crippen molar-refractivity contribution >= 4 is 23.5 Å². The molecule has 3 rings (SSSR count). The number of nitrogens with zero attached hydrogens (tertiary/aromatic N) is 2. The van der Waals surface area contributed by atoms with Gasteiger partial charge in [-0.05, 0) is 56.9 Å². The molecule has 39 heavy (non-hydrogen) atoms. The topological polar surface area (TPSA) is 118 Å². The van der Waals surface area contributed by atoms with Crippen LogP contribution in [0.2, 0.25) is 5.02 Å². The molecular formula is C29H38ClN5O4. The lowest BCUT2D eigenvalue weighted by molar-refractivity contribution is 0.0930. The van der Waals surface area contributed by atoms with E-state index in [2.05, 4.69) is 16.0 Å². The van der Waals surface area contributed by atoms with Gasteiger partial charge in [0.15, 0.2) is 0 Å². The standard InChI is InChI=1S/C29H38ClN5O4/c1-6-24(34-29(38)31-4)27-33-25(17-35(27)5)20-9-7-19(8-10-20)15-22(13-14-36)32-28(37)21-11-12-26(23(30)16-21)39-18(2)3/h7-12,16-18,22,24,36H,6,13-15H2,1-5H3,(H,32,37)(H2,31,34,38)/t22-,24-/m1/s1. The lowest BCUT2D eigenvalue weighted by Crippen LogP contribution is -2.37. The fraction of sp³-hybridized carbons (Fsp3) is 0.414. The zero-order chi connectivity index (χ0) is 28.5. The number of nitrogens with one attached hydrogen (secondary N) is 3. The molecule has 2 atom stereocenters. The summed E-state index contributed by atoms with van der Waals surface area (Å²) < 4.78 is 7.57. The SMILES string of the molecule is CC[C@@H](NC(=O)NC)c1nc(-c2ccc(C[C@@H](CCO)NC(=O)c3ccc(OC(C)C)c(Cl)c3)cc2)cn1C. The molecular weight excluding hydrogens is 518 g/mol. The normalized spacial score (nSPS) is 12.6. The van der Waals surface area contributed by atoms with Crippen LogP contribution >= 0.6 is 11.6 Å². The van der Waals surface area contributed by atoms with Crippen molar-refractivity contribution in [2.24, 2.45) is 7.05 Å². The van der Waals surface area contributed by atoms with E-state index in [-0.39, 0.29) is 36.7 Å². The first-order valence-corrected chi connectivity index (χ1v) is 13.5. The smallest absolute Gasteiger partial charge is 0.315 e. The maximum absolute atomic E-state index is 12.9. The number of aliphatic hydroxyl groups excluding tert-OH is 1. The molecule has 210 valence electrons. The van der Waals surface area contributed by atoms with Crippen molar-refractivity contribution in [1.82, 2.24) is 25.5 Å². The van der Waals surface area contributed by atoms with Crippen molar-refractivity contribution in [3.05, 3.63) is 70.6 Å². The van der Waals surface area contributed by atoms with Gasteiger partial charge in [0.25, 0.3) is 5.91 Å². The van der Waals surface area contributed by atoms with E-state index >= 15 is 0 Å². The highest BCUT2D eigenvalue weighted by atomic mass is 35.5. The molecule has 0 radical (unpaired) electrons. The number of amides is 3. The van der Waals surface area contributed by atoms with E-state index in [1.54, 1.807) is 25.2 Å². The highest BCUT2D eigenvalue weighted by Crippen LogP contribution is 2.27. The van der Waals surface area contributed by atoms with Gasteiger partial charge in [-0.1, -0.05) is 42.8 Å². The summed E-state index contributed by atoms with van der Waals surface area (Å²) in [4.78, 5) is 29.5. The Kier molecular flexibility index (Phi) is 10.8. The van der Waals surface area contributed by atoms with Gasteiger partial charge in [-0.15, -0.1) is 0 Å². The number of benzene rings is 2. The second-order valence-electron chi connectivity index (χ2n) is 9.68. The maximum Gasteiger partial charge on any atom is 0.315 e. The molecule has 0 saturated carbocycles. The van der Waals surface area contributed by atoms with Crippen LogP contribution in [0.1, 0.15) is 61.4 Å². The lowest BCUT2D eigenvalue weighted by atomic mass is 10.0. The first kappa shape index (κ1) is 30.0. The molecule has 0 aliphatic heterocycles. The van der Waals surface area contributed by atoms with Crippen LogP contribution in [0, 0.1) is 0 Å². The molecule has 4 N–H and O–H groups in total. The fourth-order valence-corrected chi connectivity index (χ4v) is 4.49. The summed E-state index contributed by atoms with van der Waals surface area (Å²) in [6.45, 7) is 5.76. The molecule has 0 unspecified atom stereocenters. The van der Waals surface area contributed by atoms with E-state index in [1.807, 2.05) is 62.8 Å². The molecule has 1 heterocycles. The van der Waals surface area contributed by atoms with Gasteiger partial charge in [-0.25, -0.2) is 9.78 Å². The van der Waals surface area contributed by atoms with E-state index in [1.165, 1.54) is 0 Å². The van der Waals surface area contributed by atoms with Crippen LogP contribution in [-0.4, -0.2) is 52.4 Å². The van der Waals surface area contributed by atoms with E-state index in [0.717, 1.165) is 22.6 Å². The average molecular weight is 556 g/mol. The molecule has 1 aromatic heterocycles. The Morgan fingerprint density at radius 1 is 1.13 bits per heavy atom. The van der Waals surface area contributed by atoms with Crippen LogP contribution in [0.25, 0.3) is 11.3 Å². The van der Waals surface area contributed by atoms with E-state index in [4.69, 9.17) is 21.3 Å². The number of carbonyl (C=O) groups is 2. The number of ether oxygens (including phenoxy) is 1. The number of halogens is 1. The van der Waals surface area contributed by atoms with Crippen molar-refractivity contribution < 1.29 is 19.4 Å². The van der Waals surface area contributed by atoms with E-state index < -0.39 is 0 Å². The zero-order valence-electron chi connectivity index (χ0n) is 23.1. The first-order valence-electron chi connectivity index (χ1n) is 13.1. The second-order valence-corrected chi connectivity index (χ2v) is 10.1. The molecule has 9 nitrogen and oxygen atoms in total. The molecule has 2 aromatic carbocycles. The number of aliphatic hydroxyl groups is 1. The number of carbonyl (C=O) groups excluding carboxylic acids is 2. The third-order valence-corrected chi connectivity index (χ3v) is 6.56. The Balaban J connectivity index is 1.69. The van der Waals surface area contributed by atoms with E-state index in [9.17, 15) is 14.7 Å². The third-order valence-electron chi connectivity index (χ3n) is 6.27. The van der Waals surface area contributed by atoms with Crippen molar-refractivity contribution in [2.45, 2.75) is 58.2 Å². The summed E-state index contributed by atoms with van der Waals surface area (Å²) in [7, 11) is 3.49. The molecule has 0 aliphatic rings.